The lowest BCUT2D eigenvalue weighted by Gasteiger charge is -2.26. The third kappa shape index (κ3) is 4.31. The van der Waals surface area contributed by atoms with E-state index in [0.29, 0.717) is 0 Å². The highest BCUT2D eigenvalue weighted by Gasteiger charge is 2.19. The first-order valence-electron chi connectivity index (χ1n) is 6.63. The summed E-state index contributed by atoms with van der Waals surface area (Å²) in [6, 6.07) is 7.88. The van der Waals surface area contributed by atoms with Gasteiger partial charge < -0.3 is 15.2 Å². The highest BCUT2D eigenvalue weighted by molar-refractivity contribution is 5.30. The van der Waals surface area contributed by atoms with Crippen LogP contribution in [0.3, 0.4) is 0 Å². The van der Waals surface area contributed by atoms with Gasteiger partial charge in [0, 0.05) is 6.04 Å². The average molecular weight is 251 g/mol. The third-order valence-electron chi connectivity index (χ3n) is 2.97. The zero-order chi connectivity index (χ0) is 13.5. The van der Waals surface area contributed by atoms with E-state index in [9.17, 15) is 0 Å². The summed E-state index contributed by atoms with van der Waals surface area (Å²) < 4.78 is 11.3. The number of hydrogen-bond acceptors (Lipinski definition) is 3. The smallest absolute Gasteiger partial charge is 0.119 e. The molecule has 0 amide bonds. The van der Waals surface area contributed by atoms with Gasteiger partial charge in [-0.3, -0.25) is 0 Å². The van der Waals surface area contributed by atoms with Crippen LogP contribution in [-0.2, 0) is 4.74 Å². The molecule has 0 aliphatic heterocycles. The van der Waals surface area contributed by atoms with Crippen molar-refractivity contribution in [3.05, 3.63) is 29.8 Å². The van der Waals surface area contributed by atoms with Crippen LogP contribution in [0, 0.1) is 0 Å². The van der Waals surface area contributed by atoms with Crippen LogP contribution in [0.1, 0.15) is 45.3 Å². The van der Waals surface area contributed by atoms with Gasteiger partial charge in [-0.2, -0.15) is 0 Å². The topological polar surface area (TPSA) is 44.5 Å². The predicted molar refractivity (Wildman–Crippen MR) is 74.8 cm³/mol. The standard InChI is InChI=1S/C15H25NO2/c1-5-7-11(2)18-15(12(3)16)13-8-6-9-14(10-13)17-4/h6,8-12,15H,5,7,16H2,1-4H3. The maximum absolute atomic E-state index is 6.06. The van der Waals surface area contributed by atoms with Crippen molar-refractivity contribution in [3.8, 4) is 5.75 Å². The highest BCUT2D eigenvalue weighted by Crippen LogP contribution is 2.26. The second kappa shape index (κ2) is 7.39. The second-order valence-electron chi connectivity index (χ2n) is 4.79. The van der Waals surface area contributed by atoms with Crippen molar-refractivity contribution in [2.75, 3.05) is 7.11 Å². The highest BCUT2D eigenvalue weighted by atomic mass is 16.5. The van der Waals surface area contributed by atoms with Crippen LogP contribution in [0.5, 0.6) is 5.75 Å². The van der Waals surface area contributed by atoms with E-state index in [4.69, 9.17) is 15.2 Å². The summed E-state index contributed by atoms with van der Waals surface area (Å²) >= 11 is 0. The maximum atomic E-state index is 6.06. The molecular formula is C15H25NO2. The van der Waals surface area contributed by atoms with Gasteiger partial charge in [-0.15, -0.1) is 0 Å². The third-order valence-corrected chi connectivity index (χ3v) is 2.97. The molecule has 0 bridgehead atoms. The largest absolute Gasteiger partial charge is 0.497 e. The number of hydrogen-bond donors (Lipinski definition) is 1. The Morgan fingerprint density at radius 2 is 2.00 bits per heavy atom. The van der Waals surface area contributed by atoms with Crippen LogP contribution in [0.2, 0.25) is 0 Å². The monoisotopic (exact) mass is 251 g/mol. The SMILES string of the molecule is CCCC(C)OC(c1cccc(OC)c1)C(C)N. The Labute approximate surface area is 110 Å². The first-order valence-corrected chi connectivity index (χ1v) is 6.63. The molecule has 3 nitrogen and oxygen atoms in total. The number of rotatable bonds is 7. The van der Waals surface area contributed by atoms with E-state index in [-0.39, 0.29) is 18.2 Å². The van der Waals surface area contributed by atoms with Gasteiger partial charge in [-0.1, -0.05) is 25.5 Å². The van der Waals surface area contributed by atoms with Crippen molar-refractivity contribution in [2.24, 2.45) is 5.73 Å². The summed E-state index contributed by atoms with van der Waals surface area (Å²) in [5, 5.41) is 0. The van der Waals surface area contributed by atoms with Gasteiger partial charge in [-0.05, 0) is 38.0 Å². The summed E-state index contributed by atoms with van der Waals surface area (Å²) in [6.45, 7) is 6.23. The minimum atomic E-state index is -0.0818. The molecule has 0 radical (unpaired) electrons. The lowest BCUT2D eigenvalue weighted by Crippen LogP contribution is -2.29. The zero-order valence-electron chi connectivity index (χ0n) is 11.8. The van der Waals surface area contributed by atoms with Crippen LogP contribution in [0.15, 0.2) is 24.3 Å². The van der Waals surface area contributed by atoms with Gasteiger partial charge in [0.25, 0.3) is 0 Å². The molecule has 0 aromatic heterocycles. The number of methoxy groups -OCH3 is 1. The van der Waals surface area contributed by atoms with Crippen LogP contribution < -0.4 is 10.5 Å². The summed E-state index contributed by atoms with van der Waals surface area (Å²) in [5.41, 5.74) is 7.12. The fraction of sp³-hybridized carbons (Fsp3) is 0.600. The van der Waals surface area contributed by atoms with Crippen LogP contribution >= 0.6 is 0 Å². The average Bonchev–Trinajstić information content (AvgIpc) is 2.36. The quantitative estimate of drug-likeness (QED) is 0.808. The normalized spacial score (nSPS) is 16.1. The Morgan fingerprint density at radius 1 is 1.28 bits per heavy atom. The molecular weight excluding hydrogens is 226 g/mol. The summed E-state index contributed by atoms with van der Waals surface area (Å²) in [6.07, 6.45) is 2.30. The van der Waals surface area contributed by atoms with E-state index in [1.807, 2.05) is 31.2 Å². The van der Waals surface area contributed by atoms with Crippen LogP contribution in [0.4, 0.5) is 0 Å². The lowest BCUT2D eigenvalue weighted by atomic mass is 10.0. The molecule has 0 saturated carbocycles. The summed E-state index contributed by atoms with van der Waals surface area (Å²) in [4.78, 5) is 0. The molecule has 0 aliphatic carbocycles. The second-order valence-corrected chi connectivity index (χ2v) is 4.79. The van der Waals surface area contributed by atoms with Gasteiger partial charge in [-0.25, -0.2) is 0 Å². The first kappa shape index (κ1) is 15.0. The van der Waals surface area contributed by atoms with Gasteiger partial charge in [0.15, 0.2) is 0 Å². The molecule has 0 aliphatic rings. The van der Waals surface area contributed by atoms with E-state index >= 15 is 0 Å². The molecule has 3 unspecified atom stereocenters. The number of benzene rings is 1. The van der Waals surface area contributed by atoms with Crippen LogP contribution in [0.25, 0.3) is 0 Å². The molecule has 1 aromatic rings. The number of ether oxygens (including phenoxy) is 2. The Balaban J connectivity index is 2.83. The van der Waals surface area contributed by atoms with Gasteiger partial charge in [0.1, 0.15) is 5.75 Å². The van der Waals surface area contributed by atoms with E-state index in [2.05, 4.69) is 13.8 Å². The molecule has 0 saturated heterocycles. The van der Waals surface area contributed by atoms with Crippen molar-refractivity contribution < 1.29 is 9.47 Å². The zero-order valence-corrected chi connectivity index (χ0v) is 11.8. The summed E-state index contributed by atoms with van der Waals surface area (Å²) in [5.74, 6) is 0.838. The molecule has 0 fully saturated rings. The van der Waals surface area contributed by atoms with Crippen molar-refractivity contribution in [2.45, 2.75) is 51.9 Å². The maximum Gasteiger partial charge on any atom is 0.119 e. The molecule has 1 aromatic carbocycles. The fourth-order valence-electron chi connectivity index (χ4n) is 2.05. The van der Waals surface area contributed by atoms with E-state index < -0.39 is 0 Å². The molecule has 1 rings (SSSR count). The lowest BCUT2D eigenvalue weighted by molar-refractivity contribution is -0.0187. The Hall–Kier alpha value is -1.06. The van der Waals surface area contributed by atoms with Crippen molar-refractivity contribution in [1.82, 2.24) is 0 Å². The number of nitrogens with two attached hydrogens (primary N) is 1. The van der Waals surface area contributed by atoms with Crippen molar-refractivity contribution in [3.63, 3.8) is 0 Å². The van der Waals surface area contributed by atoms with E-state index in [1.165, 1.54) is 0 Å². The Kier molecular flexibility index (Phi) is 6.16. The minimum Gasteiger partial charge on any atom is -0.497 e. The van der Waals surface area contributed by atoms with Crippen LogP contribution in [-0.4, -0.2) is 19.3 Å². The Morgan fingerprint density at radius 3 is 2.56 bits per heavy atom. The van der Waals surface area contributed by atoms with Crippen molar-refractivity contribution >= 4 is 0 Å². The molecule has 2 N–H and O–H groups in total. The predicted octanol–water partition coefficient (Wildman–Crippen LogP) is 3.29. The fourth-order valence-corrected chi connectivity index (χ4v) is 2.05. The molecule has 0 heterocycles. The minimum absolute atomic E-state index is 0.0450. The molecule has 0 spiro atoms. The molecule has 3 atom stereocenters. The van der Waals surface area contributed by atoms with Crippen molar-refractivity contribution in [1.29, 1.82) is 0 Å². The summed E-state index contributed by atoms with van der Waals surface area (Å²) in [7, 11) is 1.67. The van der Waals surface area contributed by atoms with Gasteiger partial charge in [0.05, 0.1) is 19.3 Å². The first-order chi connectivity index (χ1) is 8.58. The molecule has 3 heteroatoms. The van der Waals surface area contributed by atoms with Gasteiger partial charge >= 0.3 is 0 Å². The molecule has 18 heavy (non-hydrogen) atoms. The Bertz CT molecular complexity index is 352. The van der Waals surface area contributed by atoms with Gasteiger partial charge in [0.2, 0.25) is 0 Å². The van der Waals surface area contributed by atoms with E-state index in [0.717, 1.165) is 24.2 Å². The van der Waals surface area contributed by atoms with E-state index in [1.54, 1.807) is 7.11 Å². The molecule has 102 valence electrons.